The Kier molecular flexibility index (Phi) is 3.34. The zero-order valence-electron chi connectivity index (χ0n) is 7.54. The lowest BCUT2D eigenvalue weighted by molar-refractivity contribution is 0.215. The van der Waals surface area contributed by atoms with Crippen molar-refractivity contribution in [1.82, 2.24) is 10.2 Å². The maximum atomic E-state index is 4.35. The van der Waals surface area contributed by atoms with E-state index in [1.165, 1.54) is 0 Å². The molecule has 1 N–H and O–H groups in total. The van der Waals surface area contributed by atoms with Gasteiger partial charge in [-0.15, -0.1) is 0 Å². The number of nitrogens with one attached hydrogen (secondary N) is 1. The summed E-state index contributed by atoms with van der Waals surface area (Å²) in [6.07, 6.45) is 5.43. The molecule has 1 saturated heterocycles. The molecule has 72 valence electrons. The van der Waals surface area contributed by atoms with Crippen molar-refractivity contribution in [2.75, 3.05) is 26.2 Å². The summed E-state index contributed by atoms with van der Waals surface area (Å²) in [7, 11) is 0. The standard InChI is InChI=1S/C9H14IN3/c10-9-2-1-8(7-12-9)13-5-3-11-4-6-13/h2,7-8,11H,1,3-6H2. The highest BCUT2D eigenvalue weighted by atomic mass is 127. The van der Waals surface area contributed by atoms with Gasteiger partial charge in [-0.25, -0.2) is 0 Å². The molecule has 2 heterocycles. The van der Waals surface area contributed by atoms with Gasteiger partial charge in [-0.3, -0.25) is 9.89 Å². The molecule has 0 aromatic rings. The van der Waals surface area contributed by atoms with E-state index in [4.69, 9.17) is 0 Å². The number of rotatable bonds is 1. The SMILES string of the molecule is IC1=CCC(N2CCNCC2)C=N1. The van der Waals surface area contributed by atoms with Gasteiger partial charge in [-0.05, 0) is 29.0 Å². The third-order valence-corrected chi connectivity index (χ3v) is 3.24. The molecule has 0 radical (unpaired) electrons. The maximum absolute atomic E-state index is 4.35. The molecule has 2 rings (SSSR count). The van der Waals surface area contributed by atoms with Gasteiger partial charge in [0, 0.05) is 38.4 Å². The smallest absolute Gasteiger partial charge is 0.0966 e. The summed E-state index contributed by atoms with van der Waals surface area (Å²) in [4.78, 5) is 6.85. The Morgan fingerprint density at radius 2 is 2.23 bits per heavy atom. The van der Waals surface area contributed by atoms with Crippen molar-refractivity contribution >= 4 is 28.8 Å². The Morgan fingerprint density at radius 1 is 1.46 bits per heavy atom. The number of nitrogens with zero attached hydrogens (tertiary/aromatic N) is 2. The van der Waals surface area contributed by atoms with Crippen LogP contribution in [0.1, 0.15) is 6.42 Å². The first-order valence-corrected chi connectivity index (χ1v) is 5.79. The molecule has 1 atom stereocenters. The summed E-state index contributed by atoms with van der Waals surface area (Å²) < 4.78 is 1.13. The van der Waals surface area contributed by atoms with E-state index in [9.17, 15) is 0 Å². The normalized spacial score (nSPS) is 30.2. The maximum Gasteiger partial charge on any atom is 0.0966 e. The van der Waals surface area contributed by atoms with Gasteiger partial charge < -0.3 is 5.32 Å². The number of piperazine rings is 1. The largest absolute Gasteiger partial charge is 0.314 e. The number of hydrogen-bond acceptors (Lipinski definition) is 3. The van der Waals surface area contributed by atoms with Crippen LogP contribution in [0.5, 0.6) is 0 Å². The average molecular weight is 291 g/mol. The van der Waals surface area contributed by atoms with Gasteiger partial charge in [0.25, 0.3) is 0 Å². The second-order valence-corrected chi connectivity index (χ2v) is 4.50. The minimum atomic E-state index is 0.542. The van der Waals surface area contributed by atoms with Crippen molar-refractivity contribution in [2.45, 2.75) is 12.5 Å². The molecular formula is C9H14IN3. The van der Waals surface area contributed by atoms with Crippen LogP contribution in [0.2, 0.25) is 0 Å². The molecule has 4 heteroatoms. The quantitative estimate of drug-likeness (QED) is 0.577. The van der Waals surface area contributed by atoms with Gasteiger partial charge in [-0.2, -0.15) is 0 Å². The lowest BCUT2D eigenvalue weighted by Gasteiger charge is -2.33. The predicted octanol–water partition coefficient (Wildman–Crippen LogP) is 1.01. The zero-order chi connectivity index (χ0) is 9.10. The minimum Gasteiger partial charge on any atom is -0.314 e. The topological polar surface area (TPSA) is 27.6 Å². The molecule has 1 unspecified atom stereocenters. The molecule has 0 aromatic heterocycles. The highest BCUT2D eigenvalue weighted by molar-refractivity contribution is 14.1. The minimum absolute atomic E-state index is 0.542. The molecule has 2 aliphatic rings. The van der Waals surface area contributed by atoms with E-state index in [-0.39, 0.29) is 0 Å². The lowest BCUT2D eigenvalue weighted by atomic mass is 10.1. The Balaban J connectivity index is 1.91. The first kappa shape index (κ1) is 9.61. The van der Waals surface area contributed by atoms with E-state index in [1.807, 2.05) is 0 Å². The van der Waals surface area contributed by atoms with Crippen molar-refractivity contribution < 1.29 is 0 Å². The van der Waals surface area contributed by atoms with Crippen molar-refractivity contribution in [2.24, 2.45) is 4.99 Å². The van der Waals surface area contributed by atoms with E-state index in [0.29, 0.717) is 6.04 Å². The molecule has 0 spiro atoms. The molecule has 0 bridgehead atoms. The second-order valence-electron chi connectivity index (χ2n) is 3.39. The molecular weight excluding hydrogens is 277 g/mol. The van der Waals surface area contributed by atoms with Crippen LogP contribution in [-0.2, 0) is 0 Å². The van der Waals surface area contributed by atoms with Gasteiger partial charge in [0.2, 0.25) is 0 Å². The van der Waals surface area contributed by atoms with Gasteiger partial charge >= 0.3 is 0 Å². The van der Waals surface area contributed by atoms with Crippen LogP contribution >= 0.6 is 22.6 Å². The third kappa shape index (κ3) is 2.51. The molecule has 0 amide bonds. The van der Waals surface area contributed by atoms with Crippen molar-refractivity contribution in [3.63, 3.8) is 0 Å². The summed E-state index contributed by atoms with van der Waals surface area (Å²) in [6.45, 7) is 4.54. The fourth-order valence-electron chi connectivity index (χ4n) is 1.75. The van der Waals surface area contributed by atoms with Crippen molar-refractivity contribution in [1.29, 1.82) is 0 Å². The molecule has 13 heavy (non-hydrogen) atoms. The van der Waals surface area contributed by atoms with Crippen LogP contribution in [0, 0.1) is 0 Å². The van der Waals surface area contributed by atoms with Gasteiger partial charge in [-0.1, -0.05) is 6.08 Å². The molecule has 1 fully saturated rings. The van der Waals surface area contributed by atoms with Gasteiger partial charge in [0.05, 0.1) is 3.70 Å². The molecule has 0 saturated carbocycles. The van der Waals surface area contributed by atoms with E-state index in [1.54, 1.807) is 0 Å². The van der Waals surface area contributed by atoms with Crippen LogP contribution in [0.4, 0.5) is 0 Å². The predicted molar refractivity (Wildman–Crippen MR) is 63.4 cm³/mol. The fourth-order valence-corrected chi connectivity index (χ4v) is 2.16. The Bertz CT molecular complexity index is 231. The first-order valence-electron chi connectivity index (χ1n) is 4.71. The molecule has 0 aromatic carbocycles. The van der Waals surface area contributed by atoms with Gasteiger partial charge in [0.1, 0.15) is 0 Å². The van der Waals surface area contributed by atoms with Crippen LogP contribution in [-0.4, -0.2) is 43.3 Å². The average Bonchev–Trinajstić information content (AvgIpc) is 2.20. The van der Waals surface area contributed by atoms with E-state index < -0.39 is 0 Å². The Labute approximate surface area is 92.4 Å². The van der Waals surface area contributed by atoms with Gasteiger partial charge in [0.15, 0.2) is 0 Å². The summed E-state index contributed by atoms with van der Waals surface area (Å²) in [5.74, 6) is 0. The third-order valence-electron chi connectivity index (χ3n) is 2.52. The van der Waals surface area contributed by atoms with Crippen LogP contribution < -0.4 is 5.32 Å². The lowest BCUT2D eigenvalue weighted by Crippen LogP contribution is -2.49. The highest BCUT2D eigenvalue weighted by Gasteiger charge is 2.19. The van der Waals surface area contributed by atoms with E-state index >= 15 is 0 Å². The monoisotopic (exact) mass is 291 g/mol. The van der Waals surface area contributed by atoms with Crippen LogP contribution in [0.25, 0.3) is 0 Å². The van der Waals surface area contributed by atoms with E-state index in [2.05, 4.69) is 50.1 Å². The number of hydrogen-bond donors (Lipinski definition) is 1. The second kappa shape index (κ2) is 4.52. The summed E-state index contributed by atoms with van der Waals surface area (Å²) in [5.41, 5.74) is 0. The highest BCUT2D eigenvalue weighted by Crippen LogP contribution is 2.16. The van der Waals surface area contributed by atoms with Crippen LogP contribution in [0.15, 0.2) is 14.8 Å². The summed E-state index contributed by atoms with van der Waals surface area (Å²) in [6, 6.07) is 0.542. The Morgan fingerprint density at radius 3 is 2.85 bits per heavy atom. The zero-order valence-corrected chi connectivity index (χ0v) is 9.70. The first-order chi connectivity index (χ1) is 6.36. The van der Waals surface area contributed by atoms with Crippen molar-refractivity contribution in [3.8, 4) is 0 Å². The van der Waals surface area contributed by atoms with Crippen molar-refractivity contribution in [3.05, 3.63) is 9.78 Å². The molecule has 3 nitrogen and oxygen atoms in total. The summed E-state index contributed by atoms with van der Waals surface area (Å²) in [5, 5.41) is 3.36. The molecule has 0 aliphatic carbocycles. The Hall–Kier alpha value is 0.0600. The molecule has 2 aliphatic heterocycles. The fraction of sp³-hybridized carbons (Fsp3) is 0.667. The summed E-state index contributed by atoms with van der Waals surface area (Å²) >= 11 is 2.27. The van der Waals surface area contributed by atoms with E-state index in [0.717, 1.165) is 36.3 Å². The number of halogens is 1. The van der Waals surface area contributed by atoms with Crippen LogP contribution in [0.3, 0.4) is 0 Å². The number of aliphatic imine (C=N–C) groups is 1.